The average molecular weight is 311 g/mol. The lowest BCUT2D eigenvalue weighted by Crippen LogP contribution is -2.28. The van der Waals surface area contributed by atoms with Crippen LogP contribution in [0.3, 0.4) is 0 Å². The van der Waals surface area contributed by atoms with Crippen LogP contribution in [0.1, 0.15) is 42.9 Å². The molecule has 0 aliphatic heterocycles. The van der Waals surface area contributed by atoms with Crippen molar-refractivity contribution in [2.75, 3.05) is 0 Å². The van der Waals surface area contributed by atoms with Crippen molar-refractivity contribution in [2.45, 2.75) is 31.7 Å². The lowest BCUT2D eigenvalue weighted by Gasteiger charge is -2.18. The number of amides is 1. The van der Waals surface area contributed by atoms with E-state index in [4.69, 9.17) is 5.11 Å². The lowest BCUT2D eigenvalue weighted by molar-refractivity contribution is -0.137. The Hall–Kier alpha value is -2.62. The maximum atomic E-state index is 12.3. The van der Waals surface area contributed by atoms with E-state index >= 15 is 0 Å². The highest BCUT2D eigenvalue weighted by molar-refractivity contribution is 5.78. The van der Waals surface area contributed by atoms with E-state index in [-0.39, 0.29) is 30.7 Å². The first-order valence-electron chi connectivity index (χ1n) is 7.67. The largest absolute Gasteiger partial charge is 0.481 e. The number of nitrogens with one attached hydrogen (secondary N) is 1. The number of carboxylic acids is 1. The second-order valence-corrected chi connectivity index (χ2v) is 5.61. The van der Waals surface area contributed by atoms with Gasteiger partial charge in [-0.3, -0.25) is 9.59 Å². The number of rotatable bonds is 7. The van der Waals surface area contributed by atoms with Crippen LogP contribution in [0.25, 0.3) is 0 Å². The maximum absolute atomic E-state index is 12.3. The second-order valence-electron chi connectivity index (χ2n) is 5.61. The Bertz CT molecular complexity index is 640. The Morgan fingerprint density at radius 2 is 1.43 bits per heavy atom. The molecule has 0 saturated heterocycles. The highest BCUT2D eigenvalue weighted by Gasteiger charge is 2.20. The number of hydrogen-bond donors (Lipinski definition) is 2. The molecule has 4 heteroatoms. The van der Waals surface area contributed by atoms with E-state index in [1.807, 2.05) is 67.6 Å². The summed E-state index contributed by atoms with van der Waals surface area (Å²) in [5, 5.41) is 12.0. The number of carbonyl (C=O) groups excluding carboxylic acids is 1. The molecule has 0 fully saturated rings. The SMILES string of the molecule is CC(NC(=O)CC(CC(=O)O)c1ccccc1)c1ccccc1. The summed E-state index contributed by atoms with van der Waals surface area (Å²) in [6.07, 6.45) is 0.102. The van der Waals surface area contributed by atoms with Gasteiger partial charge in [0.05, 0.1) is 12.5 Å². The van der Waals surface area contributed by atoms with Gasteiger partial charge < -0.3 is 10.4 Å². The molecule has 2 aromatic carbocycles. The van der Waals surface area contributed by atoms with Gasteiger partial charge in [-0.2, -0.15) is 0 Å². The molecule has 4 nitrogen and oxygen atoms in total. The zero-order valence-corrected chi connectivity index (χ0v) is 13.1. The van der Waals surface area contributed by atoms with Gasteiger partial charge >= 0.3 is 5.97 Å². The minimum Gasteiger partial charge on any atom is -0.481 e. The van der Waals surface area contributed by atoms with Crippen LogP contribution < -0.4 is 5.32 Å². The van der Waals surface area contributed by atoms with Gasteiger partial charge in [-0.15, -0.1) is 0 Å². The van der Waals surface area contributed by atoms with Crippen molar-refractivity contribution in [1.29, 1.82) is 0 Å². The zero-order valence-electron chi connectivity index (χ0n) is 13.1. The minimum atomic E-state index is -0.900. The standard InChI is InChI=1S/C19H21NO3/c1-14(15-8-4-2-5-9-15)20-18(21)12-17(13-19(22)23)16-10-6-3-7-11-16/h2-11,14,17H,12-13H2,1H3,(H,20,21)(H,22,23). The van der Waals surface area contributed by atoms with Crippen molar-refractivity contribution in [1.82, 2.24) is 5.32 Å². The normalized spacial score (nSPS) is 13.1. The molecule has 2 N–H and O–H groups in total. The topological polar surface area (TPSA) is 66.4 Å². The molecular weight excluding hydrogens is 290 g/mol. The third-order valence-electron chi connectivity index (χ3n) is 3.80. The minimum absolute atomic E-state index is 0.0584. The molecular formula is C19H21NO3. The van der Waals surface area contributed by atoms with Gasteiger partial charge in [0, 0.05) is 12.3 Å². The summed E-state index contributed by atoms with van der Waals surface area (Å²) in [6.45, 7) is 1.92. The predicted molar refractivity (Wildman–Crippen MR) is 89.1 cm³/mol. The van der Waals surface area contributed by atoms with E-state index in [1.165, 1.54) is 0 Å². The van der Waals surface area contributed by atoms with Crippen LogP contribution in [0.5, 0.6) is 0 Å². The van der Waals surface area contributed by atoms with Gasteiger partial charge in [-0.1, -0.05) is 60.7 Å². The number of aliphatic carboxylic acids is 1. The van der Waals surface area contributed by atoms with Crippen molar-refractivity contribution in [3.05, 3.63) is 71.8 Å². The van der Waals surface area contributed by atoms with Gasteiger partial charge in [-0.05, 0) is 18.1 Å². The first-order chi connectivity index (χ1) is 11.1. The van der Waals surface area contributed by atoms with Crippen LogP contribution in [0.4, 0.5) is 0 Å². The van der Waals surface area contributed by atoms with Crippen molar-refractivity contribution in [2.24, 2.45) is 0 Å². The zero-order chi connectivity index (χ0) is 16.7. The summed E-state index contributed by atoms with van der Waals surface area (Å²) in [4.78, 5) is 23.4. The molecule has 23 heavy (non-hydrogen) atoms. The Labute approximate surface area is 136 Å². The van der Waals surface area contributed by atoms with Gasteiger partial charge in [0.2, 0.25) is 5.91 Å². The van der Waals surface area contributed by atoms with Crippen LogP contribution in [-0.4, -0.2) is 17.0 Å². The molecule has 2 aromatic rings. The molecule has 0 heterocycles. The molecule has 0 radical (unpaired) electrons. The molecule has 2 unspecified atom stereocenters. The maximum Gasteiger partial charge on any atom is 0.303 e. The molecule has 0 bridgehead atoms. The summed E-state index contributed by atoms with van der Waals surface area (Å²) in [5.74, 6) is -1.36. The van der Waals surface area contributed by atoms with Crippen molar-refractivity contribution < 1.29 is 14.7 Å². The van der Waals surface area contributed by atoms with E-state index in [9.17, 15) is 9.59 Å². The van der Waals surface area contributed by atoms with Gasteiger partial charge in [0.25, 0.3) is 0 Å². The first kappa shape index (κ1) is 16.7. The molecule has 120 valence electrons. The van der Waals surface area contributed by atoms with Crippen LogP contribution in [0.2, 0.25) is 0 Å². The summed E-state index contributed by atoms with van der Waals surface area (Å²) in [7, 11) is 0. The predicted octanol–water partition coefficient (Wildman–Crippen LogP) is 3.51. The van der Waals surface area contributed by atoms with E-state index in [0.717, 1.165) is 11.1 Å². The highest BCUT2D eigenvalue weighted by Crippen LogP contribution is 2.24. The third kappa shape index (κ3) is 5.25. The van der Waals surface area contributed by atoms with Gasteiger partial charge in [0.15, 0.2) is 0 Å². The third-order valence-corrected chi connectivity index (χ3v) is 3.80. The Morgan fingerprint density at radius 3 is 1.96 bits per heavy atom. The quantitative estimate of drug-likeness (QED) is 0.822. The Balaban J connectivity index is 2.01. The van der Waals surface area contributed by atoms with E-state index in [0.29, 0.717) is 0 Å². The van der Waals surface area contributed by atoms with Crippen LogP contribution in [-0.2, 0) is 9.59 Å². The Kier molecular flexibility index (Phi) is 5.92. The van der Waals surface area contributed by atoms with Crippen molar-refractivity contribution in [3.8, 4) is 0 Å². The number of carbonyl (C=O) groups is 2. The van der Waals surface area contributed by atoms with Crippen LogP contribution in [0.15, 0.2) is 60.7 Å². The first-order valence-corrected chi connectivity index (χ1v) is 7.67. The molecule has 1 amide bonds. The summed E-state index contributed by atoms with van der Waals surface area (Å²) >= 11 is 0. The van der Waals surface area contributed by atoms with E-state index in [1.54, 1.807) is 0 Å². The molecule has 2 rings (SSSR count). The average Bonchev–Trinajstić information content (AvgIpc) is 2.55. The van der Waals surface area contributed by atoms with Crippen molar-refractivity contribution >= 4 is 11.9 Å². The van der Waals surface area contributed by atoms with Gasteiger partial charge in [-0.25, -0.2) is 0 Å². The van der Waals surface area contributed by atoms with Crippen LogP contribution >= 0.6 is 0 Å². The highest BCUT2D eigenvalue weighted by atomic mass is 16.4. The monoisotopic (exact) mass is 311 g/mol. The fraction of sp³-hybridized carbons (Fsp3) is 0.263. The fourth-order valence-corrected chi connectivity index (χ4v) is 2.59. The number of benzene rings is 2. The molecule has 2 atom stereocenters. The molecule has 0 saturated carbocycles. The molecule has 0 aliphatic carbocycles. The van der Waals surface area contributed by atoms with Crippen molar-refractivity contribution in [3.63, 3.8) is 0 Å². The van der Waals surface area contributed by atoms with Crippen LogP contribution in [0, 0.1) is 0 Å². The summed E-state index contributed by atoms with van der Waals surface area (Å²) in [5.41, 5.74) is 1.90. The molecule has 0 aromatic heterocycles. The second kappa shape index (κ2) is 8.13. The number of carboxylic acid groups (broad SMARTS) is 1. The van der Waals surface area contributed by atoms with E-state index < -0.39 is 5.97 Å². The summed E-state index contributed by atoms with van der Waals surface area (Å²) < 4.78 is 0. The molecule has 0 spiro atoms. The molecule has 0 aliphatic rings. The Morgan fingerprint density at radius 1 is 0.913 bits per heavy atom. The number of hydrogen-bond acceptors (Lipinski definition) is 2. The lowest BCUT2D eigenvalue weighted by atomic mass is 9.92. The smallest absolute Gasteiger partial charge is 0.303 e. The van der Waals surface area contributed by atoms with Gasteiger partial charge in [0.1, 0.15) is 0 Å². The van der Waals surface area contributed by atoms with E-state index in [2.05, 4.69) is 5.32 Å². The fourth-order valence-electron chi connectivity index (χ4n) is 2.59. The summed E-state index contributed by atoms with van der Waals surface area (Å²) in [6, 6.07) is 18.9.